The van der Waals surface area contributed by atoms with Gasteiger partial charge in [0, 0.05) is 11.3 Å². The number of imidazole rings is 1. The number of carbonyl (C=O) groups excluding carboxylic acids is 1. The first-order chi connectivity index (χ1) is 10.2. The molecule has 0 saturated heterocycles. The molecule has 1 amide bonds. The summed E-state index contributed by atoms with van der Waals surface area (Å²) in [6.45, 7) is 0. The minimum atomic E-state index is -0.365. The molecule has 0 fully saturated rings. The largest absolute Gasteiger partial charge is 0.345 e. The molecule has 3 aromatic rings. The van der Waals surface area contributed by atoms with Crippen molar-refractivity contribution in [1.82, 2.24) is 9.97 Å². The van der Waals surface area contributed by atoms with Crippen molar-refractivity contribution < 1.29 is 9.18 Å². The third-order valence-electron chi connectivity index (χ3n) is 3.06. The zero-order valence-corrected chi connectivity index (χ0v) is 11.0. The van der Waals surface area contributed by atoms with E-state index in [2.05, 4.69) is 15.3 Å². The molecule has 5 heteroatoms. The van der Waals surface area contributed by atoms with Gasteiger partial charge in [-0.15, -0.1) is 0 Å². The van der Waals surface area contributed by atoms with Crippen LogP contribution in [0.3, 0.4) is 0 Å². The Morgan fingerprint density at radius 3 is 2.38 bits per heavy atom. The first kappa shape index (κ1) is 13.1. The topological polar surface area (TPSA) is 57.8 Å². The number of nitrogens with zero attached hydrogens (tertiary/aromatic N) is 1. The molecule has 1 heterocycles. The molecule has 0 spiro atoms. The van der Waals surface area contributed by atoms with E-state index in [1.807, 2.05) is 12.1 Å². The number of H-pyrrole nitrogens is 1. The van der Waals surface area contributed by atoms with Gasteiger partial charge in [0.2, 0.25) is 0 Å². The molecule has 2 N–H and O–H groups in total. The lowest BCUT2D eigenvalue weighted by molar-refractivity contribution is 0.102. The van der Waals surface area contributed by atoms with Crippen molar-refractivity contribution in [3.8, 4) is 11.3 Å². The molecular weight excluding hydrogens is 269 g/mol. The van der Waals surface area contributed by atoms with Gasteiger partial charge >= 0.3 is 0 Å². The van der Waals surface area contributed by atoms with Crippen molar-refractivity contribution in [2.24, 2.45) is 0 Å². The Morgan fingerprint density at radius 1 is 1.05 bits per heavy atom. The second-order valence-corrected chi connectivity index (χ2v) is 4.50. The molecule has 0 aliphatic rings. The molecule has 0 unspecified atom stereocenters. The monoisotopic (exact) mass is 281 g/mol. The minimum absolute atomic E-state index is 0.274. The summed E-state index contributed by atoms with van der Waals surface area (Å²) in [6.07, 6.45) is 3.34. The first-order valence-electron chi connectivity index (χ1n) is 6.38. The van der Waals surface area contributed by atoms with Crippen LogP contribution in [0.5, 0.6) is 0 Å². The van der Waals surface area contributed by atoms with Gasteiger partial charge in [0.25, 0.3) is 5.91 Å². The Labute approximate surface area is 120 Å². The number of aromatic amines is 1. The molecule has 0 saturated carbocycles. The summed E-state index contributed by atoms with van der Waals surface area (Å²) in [4.78, 5) is 19.0. The number of hydrogen-bond donors (Lipinski definition) is 2. The zero-order chi connectivity index (χ0) is 14.7. The van der Waals surface area contributed by atoms with Crippen molar-refractivity contribution in [1.29, 1.82) is 0 Å². The summed E-state index contributed by atoms with van der Waals surface area (Å²) in [5.74, 6) is -0.639. The average Bonchev–Trinajstić information content (AvgIpc) is 3.03. The lowest BCUT2D eigenvalue weighted by Gasteiger charge is -2.06. The molecule has 1 aromatic heterocycles. The van der Waals surface area contributed by atoms with Crippen molar-refractivity contribution in [3.63, 3.8) is 0 Å². The minimum Gasteiger partial charge on any atom is -0.345 e. The summed E-state index contributed by atoms with van der Waals surface area (Å²) in [6, 6.07) is 12.8. The van der Waals surface area contributed by atoms with Crippen LogP contribution in [0, 0.1) is 5.82 Å². The van der Waals surface area contributed by atoms with E-state index in [0.29, 0.717) is 11.3 Å². The number of hydrogen-bond acceptors (Lipinski definition) is 2. The van der Waals surface area contributed by atoms with E-state index in [0.717, 1.165) is 11.3 Å². The third-order valence-corrected chi connectivity index (χ3v) is 3.06. The molecule has 0 aliphatic heterocycles. The van der Waals surface area contributed by atoms with E-state index in [-0.39, 0.29) is 11.7 Å². The molecule has 21 heavy (non-hydrogen) atoms. The van der Waals surface area contributed by atoms with Crippen LogP contribution in [0.1, 0.15) is 10.4 Å². The van der Waals surface area contributed by atoms with Crippen LogP contribution < -0.4 is 5.32 Å². The SMILES string of the molecule is O=C(Nc1ccc(-c2cnc[nH]2)cc1)c1ccc(F)cc1. The maximum atomic E-state index is 12.8. The third kappa shape index (κ3) is 2.97. The van der Waals surface area contributed by atoms with E-state index < -0.39 is 0 Å². The number of rotatable bonds is 3. The molecular formula is C16H12FN3O. The molecule has 4 nitrogen and oxygen atoms in total. The maximum absolute atomic E-state index is 12.8. The van der Waals surface area contributed by atoms with Gasteiger partial charge in [0.15, 0.2) is 0 Å². The van der Waals surface area contributed by atoms with Gasteiger partial charge in [-0.3, -0.25) is 4.79 Å². The number of amides is 1. The van der Waals surface area contributed by atoms with Crippen LogP contribution in [-0.2, 0) is 0 Å². The zero-order valence-electron chi connectivity index (χ0n) is 11.0. The standard InChI is InChI=1S/C16H12FN3O/c17-13-5-1-12(2-6-13)16(21)20-14-7-3-11(4-8-14)15-9-18-10-19-15/h1-10H,(H,18,19)(H,20,21). The molecule has 0 atom stereocenters. The van der Waals surface area contributed by atoms with Crippen LogP contribution in [0.25, 0.3) is 11.3 Å². The summed E-state index contributed by atoms with van der Waals surface area (Å²) >= 11 is 0. The number of anilines is 1. The first-order valence-corrected chi connectivity index (χ1v) is 6.38. The average molecular weight is 281 g/mol. The number of aromatic nitrogens is 2. The van der Waals surface area contributed by atoms with Crippen molar-refractivity contribution in [2.45, 2.75) is 0 Å². The van der Waals surface area contributed by atoms with E-state index in [4.69, 9.17) is 0 Å². The highest BCUT2D eigenvalue weighted by atomic mass is 19.1. The molecule has 2 aromatic carbocycles. The molecule has 0 bridgehead atoms. The normalized spacial score (nSPS) is 10.3. The fraction of sp³-hybridized carbons (Fsp3) is 0. The van der Waals surface area contributed by atoms with Gasteiger partial charge in [0.05, 0.1) is 18.2 Å². The highest BCUT2D eigenvalue weighted by Crippen LogP contribution is 2.19. The highest BCUT2D eigenvalue weighted by molar-refractivity contribution is 6.04. The van der Waals surface area contributed by atoms with Crippen LogP contribution in [0.2, 0.25) is 0 Å². The van der Waals surface area contributed by atoms with Gasteiger partial charge in [-0.1, -0.05) is 12.1 Å². The Hall–Kier alpha value is -2.95. The smallest absolute Gasteiger partial charge is 0.255 e. The van der Waals surface area contributed by atoms with Gasteiger partial charge in [0.1, 0.15) is 5.82 Å². The Morgan fingerprint density at radius 2 is 1.76 bits per heavy atom. The summed E-state index contributed by atoms with van der Waals surface area (Å²) < 4.78 is 12.8. The van der Waals surface area contributed by atoms with Crippen molar-refractivity contribution >= 4 is 11.6 Å². The quantitative estimate of drug-likeness (QED) is 0.772. The molecule has 0 radical (unpaired) electrons. The van der Waals surface area contributed by atoms with Gasteiger partial charge in [-0.05, 0) is 42.0 Å². The predicted octanol–water partition coefficient (Wildman–Crippen LogP) is 3.47. The Bertz CT molecular complexity index is 734. The second-order valence-electron chi connectivity index (χ2n) is 4.50. The van der Waals surface area contributed by atoms with E-state index in [1.54, 1.807) is 24.7 Å². The van der Waals surface area contributed by atoms with Gasteiger partial charge in [-0.25, -0.2) is 9.37 Å². The van der Waals surface area contributed by atoms with E-state index >= 15 is 0 Å². The van der Waals surface area contributed by atoms with E-state index in [9.17, 15) is 9.18 Å². The van der Waals surface area contributed by atoms with Crippen LogP contribution in [0.4, 0.5) is 10.1 Å². The summed E-state index contributed by atoms with van der Waals surface area (Å²) in [7, 11) is 0. The summed E-state index contributed by atoms with van der Waals surface area (Å²) in [5, 5.41) is 2.76. The number of benzene rings is 2. The van der Waals surface area contributed by atoms with Gasteiger partial charge in [-0.2, -0.15) is 0 Å². The maximum Gasteiger partial charge on any atom is 0.255 e. The number of carbonyl (C=O) groups is 1. The van der Waals surface area contributed by atoms with Gasteiger partial charge < -0.3 is 10.3 Å². The fourth-order valence-electron chi connectivity index (χ4n) is 1.95. The highest BCUT2D eigenvalue weighted by Gasteiger charge is 2.06. The fourth-order valence-corrected chi connectivity index (χ4v) is 1.95. The lowest BCUT2D eigenvalue weighted by atomic mass is 10.1. The van der Waals surface area contributed by atoms with Crippen molar-refractivity contribution in [2.75, 3.05) is 5.32 Å². The lowest BCUT2D eigenvalue weighted by Crippen LogP contribution is -2.11. The van der Waals surface area contributed by atoms with Crippen LogP contribution in [0.15, 0.2) is 61.1 Å². The molecule has 0 aliphatic carbocycles. The van der Waals surface area contributed by atoms with Crippen molar-refractivity contribution in [3.05, 3.63) is 72.4 Å². The second kappa shape index (κ2) is 5.58. The number of halogens is 1. The van der Waals surface area contributed by atoms with Crippen LogP contribution >= 0.6 is 0 Å². The molecule has 3 rings (SSSR count). The summed E-state index contributed by atoms with van der Waals surface area (Å²) in [5.41, 5.74) is 2.97. The predicted molar refractivity (Wildman–Crippen MR) is 78.4 cm³/mol. The Kier molecular flexibility index (Phi) is 3.47. The number of nitrogens with one attached hydrogen (secondary N) is 2. The van der Waals surface area contributed by atoms with E-state index in [1.165, 1.54) is 24.3 Å². The molecule has 104 valence electrons. The van der Waals surface area contributed by atoms with Crippen LogP contribution in [-0.4, -0.2) is 15.9 Å². The Balaban J connectivity index is 1.73.